The Hall–Kier alpha value is -1.21. The summed E-state index contributed by atoms with van der Waals surface area (Å²) in [6.07, 6.45) is 0.642. The minimum atomic E-state index is -2.88. The molecule has 22 heavy (non-hydrogen) atoms. The van der Waals surface area contributed by atoms with Gasteiger partial charge in [-0.05, 0) is 24.3 Å². The van der Waals surface area contributed by atoms with Gasteiger partial charge in [0.25, 0.3) is 0 Å². The Labute approximate surface area is 136 Å². The van der Waals surface area contributed by atoms with Gasteiger partial charge in [0.1, 0.15) is 15.6 Å². The molecule has 0 amide bonds. The van der Waals surface area contributed by atoms with E-state index in [-0.39, 0.29) is 11.5 Å². The van der Waals surface area contributed by atoms with Gasteiger partial charge in [-0.3, -0.25) is 0 Å². The van der Waals surface area contributed by atoms with E-state index in [2.05, 4.69) is 4.74 Å². The normalized spacial score (nSPS) is 11.2. The van der Waals surface area contributed by atoms with Crippen LogP contribution in [0.2, 0.25) is 0 Å². The average Bonchev–Trinajstić information content (AvgIpc) is 2.53. The monoisotopic (exact) mass is 346 g/mol. The molecule has 0 unspecified atom stereocenters. The molecule has 1 aromatic carbocycles. The quantitative estimate of drug-likeness (QED) is 0.505. The van der Waals surface area contributed by atoms with Crippen LogP contribution in [0.1, 0.15) is 29.3 Å². The Balaban J connectivity index is 2.54. The molecule has 0 saturated heterocycles. The highest BCUT2D eigenvalue weighted by Gasteiger charge is 2.11. The molecule has 0 saturated carbocycles. The summed E-state index contributed by atoms with van der Waals surface area (Å²) in [4.78, 5) is 11.5. The zero-order valence-electron chi connectivity index (χ0n) is 13.1. The van der Waals surface area contributed by atoms with Crippen molar-refractivity contribution in [2.24, 2.45) is 0 Å². The molecule has 0 spiro atoms. The molecule has 7 heteroatoms. The summed E-state index contributed by atoms with van der Waals surface area (Å²) in [7, 11) is 0.00528. The van der Waals surface area contributed by atoms with E-state index in [9.17, 15) is 13.2 Å². The number of methoxy groups -OCH3 is 2. The van der Waals surface area contributed by atoms with Crippen LogP contribution < -0.4 is 4.74 Å². The molecule has 1 rings (SSSR count). The number of esters is 1. The third-order valence-electron chi connectivity index (χ3n) is 3.15. The smallest absolute Gasteiger partial charge is 0.337 e. The fourth-order valence-corrected chi connectivity index (χ4v) is 3.82. The molecule has 0 bridgehead atoms. The highest BCUT2D eigenvalue weighted by atomic mass is 32.2. The fourth-order valence-electron chi connectivity index (χ4n) is 1.82. The molecule has 124 valence electrons. The first kappa shape index (κ1) is 18.8. The van der Waals surface area contributed by atoms with E-state index in [1.807, 2.05) is 6.07 Å². The number of hydrogen-bond acceptors (Lipinski definition) is 6. The number of hydrogen-bond donors (Lipinski definition) is 0. The molecule has 0 aromatic heterocycles. The molecule has 0 radical (unpaired) electrons. The van der Waals surface area contributed by atoms with Crippen LogP contribution in [0.25, 0.3) is 0 Å². The van der Waals surface area contributed by atoms with Gasteiger partial charge in [0.2, 0.25) is 0 Å². The number of benzene rings is 1. The SMILES string of the molecule is CCS(=O)(=O)CCCSCc1ccc(C(=O)OC)cc1OC. The Morgan fingerprint density at radius 2 is 2.00 bits per heavy atom. The summed E-state index contributed by atoms with van der Waals surface area (Å²) in [5, 5.41) is 0. The zero-order chi connectivity index (χ0) is 16.6. The lowest BCUT2D eigenvalue weighted by Gasteiger charge is -2.10. The van der Waals surface area contributed by atoms with Gasteiger partial charge in [-0.15, -0.1) is 0 Å². The van der Waals surface area contributed by atoms with Crippen LogP contribution in [0.4, 0.5) is 0 Å². The summed E-state index contributed by atoms with van der Waals surface area (Å²) >= 11 is 1.65. The van der Waals surface area contributed by atoms with E-state index >= 15 is 0 Å². The predicted molar refractivity (Wildman–Crippen MR) is 89.4 cm³/mol. The Bertz CT molecular complexity index is 596. The second-order valence-electron chi connectivity index (χ2n) is 4.66. The van der Waals surface area contributed by atoms with Crippen LogP contribution in [-0.4, -0.2) is 45.9 Å². The summed E-state index contributed by atoms with van der Waals surface area (Å²) < 4.78 is 32.7. The van der Waals surface area contributed by atoms with Crippen LogP contribution in [0, 0.1) is 0 Å². The topological polar surface area (TPSA) is 69.7 Å². The van der Waals surface area contributed by atoms with E-state index in [4.69, 9.17) is 4.74 Å². The van der Waals surface area contributed by atoms with E-state index in [1.54, 1.807) is 37.9 Å². The first-order valence-electron chi connectivity index (χ1n) is 6.97. The van der Waals surface area contributed by atoms with Crippen LogP contribution in [-0.2, 0) is 20.3 Å². The average molecular weight is 346 g/mol. The molecule has 0 atom stereocenters. The highest BCUT2D eigenvalue weighted by Crippen LogP contribution is 2.25. The van der Waals surface area contributed by atoms with Gasteiger partial charge < -0.3 is 9.47 Å². The number of sulfone groups is 1. The van der Waals surface area contributed by atoms with Crippen molar-refractivity contribution in [2.75, 3.05) is 31.5 Å². The lowest BCUT2D eigenvalue weighted by atomic mass is 10.1. The molecule has 1 aromatic rings. The molecule has 0 fully saturated rings. The summed E-state index contributed by atoms with van der Waals surface area (Å²) in [5.74, 6) is 2.13. The van der Waals surface area contributed by atoms with Gasteiger partial charge in [0.05, 0.1) is 25.5 Å². The second-order valence-corrected chi connectivity index (χ2v) is 8.24. The first-order valence-corrected chi connectivity index (χ1v) is 9.94. The predicted octanol–water partition coefficient (Wildman–Crippen LogP) is 2.54. The molecular formula is C15H22O5S2. The van der Waals surface area contributed by atoms with E-state index in [0.717, 1.165) is 11.3 Å². The van der Waals surface area contributed by atoms with E-state index in [0.29, 0.717) is 23.5 Å². The maximum Gasteiger partial charge on any atom is 0.337 e. The molecule has 0 N–H and O–H groups in total. The highest BCUT2D eigenvalue weighted by molar-refractivity contribution is 7.98. The van der Waals surface area contributed by atoms with Gasteiger partial charge >= 0.3 is 5.97 Å². The maximum atomic E-state index is 11.5. The number of thioether (sulfide) groups is 1. The van der Waals surface area contributed by atoms with Crippen molar-refractivity contribution in [3.8, 4) is 5.75 Å². The standard InChI is InChI=1S/C15H22O5S2/c1-4-22(17,18)9-5-8-21-11-13-7-6-12(15(16)20-3)10-14(13)19-2/h6-7,10H,4-5,8-9,11H2,1-3H3. The van der Waals surface area contributed by atoms with E-state index < -0.39 is 15.8 Å². The minimum Gasteiger partial charge on any atom is -0.496 e. The fraction of sp³-hybridized carbons (Fsp3) is 0.533. The zero-order valence-corrected chi connectivity index (χ0v) is 14.8. The summed E-state index contributed by atoms with van der Waals surface area (Å²) in [6.45, 7) is 1.66. The largest absolute Gasteiger partial charge is 0.496 e. The molecule has 5 nitrogen and oxygen atoms in total. The van der Waals surface area contributed by atoms with Crippen LogP contribution in [0.5, 0.6) is 5.75 Å². The Morgan fingerprint density at radius 3 is 2.59 bits per heavy atom. The third kappa shape index (κ3) is 5.88. The number of carbonyl (C=O) groups excluding carboxylic acids is 1. The van der Waals surface area contributed by atoms with Gasteiger partial charge in [-0.2, -0.15) is 11.8 Å². The van der Waals surface area contributed by atoms with Gasteiger partial charge in [-0.25, -0.2) is 13.2 Å². The number of ether oxygens (including phenoxy) is 2. The van der Waals surface area contributed by atoms with Crippen molar-refractivity contribution in [3.05, 3.63) is 29.3 Å². The maximum absolute atomic E-state index is 11.5. The van der Waals surface area contributed by atoms with Crippen LogP contribution in [0.15, 0.2) is 18.2 Å². The molecule has 0 aliphatic heterocycles. The van der Waals surface area contributed by atoms with Crippen LogP contribution in [0.3, 0.4) is 0 Å². The number of carbonyl (C=O) groups is 1. The molecule has 0 aliphatic rings. The summed E-state index contributed by atoms with van der Waals surface area (Å²) in [6, 6.07) is 5.19. The lowest BCUT2D eigenvalue weighted by Crippen LogP contribution is -2.09. The van der Waals surface area contributed by atoms with Crippen molar-refractivity contribution in [3.63, 3.8) is 0 Å². The van der Waals surface area contributed by atoms with Crippen molar-refractivity contribution < 1.29 is 22.7 Å². The Morgan fingerprint density at radius 1 is 1.27 bits per heavy atom. The third-order valence-corrected chi connectivity index (χ3v) is 6.03. The number of rotatable bonds is 9. The van der Waals surface area contributed by atoms with Gasteiger partial charge in [0, 0.05) is 17.1 Å². The summed E-state index contributed by atoms with van der Waals surface area (Å²) in [5.41, 5.74) is 1.42. The Kier molecular flexibility index (Phi) is 7.75. The second kappa shape index (κ2) is 9.05. The van der Waals surface area contributed by atoms with Crippen molar-refractivity contribution in [1.29, 1.82) is 0 Å². The van der Waals surface area contributed by atoms with Gasteiger partial charge in [0.15, 0.2) is 0 Å². The first-order chi connectivity index (χ1) is 10.4. The van der Waals surface area contributed by atoms with Crippen molar-refractivity contribution in [2.45, 2.75) is 19.1 Å². The molecule has 0 aliphatic carbocycles. The van der Waals surface area contributed by atoms with Gasteiger partial charge in [-0.1, -0.05) is 13.0 Å². The van der Waals surface area contributed by atoms with Crippen molar-refractivity contribution >= 4 is 27.6 Å². The van der Waals surface area contributed by atoms with Crippen molar-refractivity contribution in [1.82, 2.24) is 0 Å². The molecular weight excluding hydrogens is 324 g/mol. The van der Waals surface area contributed by atoms with E-state index in [1.165, 1.54) is 7.11 Å². The molecule has 0 heterocycles. The minimum absolute atomic E-state index is 0.195. The lowest BCUT2D eigenvalue weighted by molar-refractivity contribution is 0.0600. The van der Waals surface area contributed by atoms with Crippen LogP contribution >= 0.6 is 11.8 Å².